The topological polar surface area (TPSA) is 0 Å². The number of hydrogen-bond acceptors (Lipinski definition) is 0. The minimum atomic E-state index is -2.20. The molecule has 1 aliphatic carbocycles. The van der Waals surface area contributed by atoms with Crippen LogP contribution in [0.1, 0.15) is 12.8 Å². The van der Waals surface area contributed by atoms with Gasteiger partial charge in [-0.15, -0.1) is 0 Å². The van der Waals surface area contributed by atoms with E-state index < -0.39 is 11.8 Å². The summed E-state index contributed by atoms with van der Waals surface area (Å²) in [4.78, 5) is 0. The lowest BCUT2D eigenvalue weighted by Gasteiger charge is -2.01. The molecule has 2 heteroatoms. The van der Waals surface area contributed by atoms with Gasteiger partial charge in [-0.05, 0) is 19.8 Å². The van der Waals surface area contributed by atoms with Crippen molar-refractivity contribution >= 4 is 0 Å². The van der Waals surface area contributed by atoms with E-state index in [1.54, 1.807) is 0 Å². The zero-order valence-corrected chi connectivity index (χ0v) is 3.95. The lowest BCUT2D eigenvalue weighted by Crippen LogP contribution is -2.05. The van der Waals surface area contributed by atoms with Gasteiger partial charge in [0.25, 0.3) is 0 Å². The minimum Gasteiger partial charge on any atom is -0.210 e. The second-order valence-electron chi connectivity index (χ2n) is 2.16. The Morgan fingerprint density at radius 3 is 1.86 bits per heavy atom. The molecule has 0 heterocycles. The number of alkyl halides is 2. The van der Waals surface area contributed by atoms with Crippen LogP contribution in [0.5, 0.6) is 0 Å². The monoisotopic (exact) mass is 105 g/mol. The maximum absolute atomic E-state index is 11.5. The molecular formula is C5H7F2. The molecule has 0 aromatic rings. The molecule has 0 nitrogen and oxygen atoms in total. The predicted octanol–water partition coefficient (Wildman–Crippen LogP) is 1.87. The molecular weight excluding hydrogens is 98.1 g/mol. The molecule has 1 radical (unpaired) electrons. The highest BCUT2D eigenvalue weighted by atomic mass is 19.3. The first-order valence-electron chi connectivity index (χ1n) is 2.29. The number of rotatable bonds is 1. The average molecular weight is 105 g/mol. The lowest BCUT2D eigenvalue weighted by molar-refractivity contribution is 0.0859. The SMILES string of the molecule is [CH2]C1(C(F)F)CC1. The molecule has 0 N–H and O–H groups in total. The molecule has 7 heavy (non-hydrogen) atoms. The van der Waals surface area contributed by atoms with Gasteiger partial charge in [-0.3, -0.25) is 0 Å². The van der Waals surface area contributed by atoms with Gasteiger partial charge in [0.2, 0.25) is 6.43 Å². The smallest absolute Gasteiger partial charge is 0.210 e. The second kappa shape index (κ2) is 1.17. The summed E-state index contributed by atoms with van der Waals surface area (Å²) >= 11 is 0. The summed E-state index contributed by atoms with van der Waals surface area (Å²) < 4.78 is 23.1. The highest BCUT2D eigenvalue weighted by Crippen LogP contribution is 2.49. The van der Waals surface area contributed by atoms with Crippen molar-refractivity contribution in [2.24, 2.45) is 5.41 Å². The number of hydrogen-bond donors (Lipinski definition) is 0. The predicted molar refractivity (Wildman–Crippen MR) is 23.0 cm³/mol. The summed E-state index contributed by atoms with van der Waals surface area (Å²) in [6.07, 6.45) is -0.998. The maximum atomic E-state index is 11.5. The van der Waals surface area contributed by atoms with Crippen molar-refractivity contribution in [3.63, 3.8) is 0 Å². The summed E-state index contributed by atoms with van der Waals surface area (Å²) in [6.45, 7) is 3.33. The second-order valence-corrected chi connectivity index (χ2v) is 2.16. The van der Waals surface area contributed by atoms with Gasteiger partial charge >= 0.3 is 0 Å². The quantitative estimate of drug-likeness (QED) is 0.477. The summed E-state index contributed by atoms with van der Waals surface area (Å²) in [7, 11) is 0. The van der Waals surface area contributed by atoms with Gasteiger partial charge in [0.15, 0.2) is 0 Å². The zero-order chi connectivity index (χ0) is 5.49. The van der Waals surface area contributed by atoms with Crippen LogP contribution in [0.25, 0.3) is 0 Å². The van der Waals surface area contributed by atoms with Crippen molar-refractivity contribution in [3.8, 4) is 0 Å². The van der Waals surface area contributed by atoms with Crippen LogP contribution in [-0.4, -0.2) is 6.43 Å². The Bertz CT molecular complexity index is 74.1. The van der Waals surface area contributed by atoms with Crippen molar-refractivity contribution < 1.29 is 8.78 Å². The van der Waals surface area contributed by atoms with Crippen LogP contribution in [0.2, 0.25) is 0 Å². The molecule has 41 valence electrons. The Hall–Kier alpha value is -0.140. The molecule has 0 atom stereocenters. The van der Waals surface area contributed by atoms with Crippen LogP contribution < -0.4 is 0 Å². The van der Waals surface area contributed by atoms with Gasteiger partial charge in [-0.1, -0.05) is 0 Å². The van der Waals surface area contributed by atoms with Gasteiger partial charge in [-0.2, -0.15) is 0 Å². The highest BCUT2D eigenvalue weighted by molar-refractivity contribution is 4.97. The largest absolute Gasteiger partial charge is 0.244 e. The van der Waals surface area contributed by atoms with Crippen LogP contribution in [0, 0.1) is 12.3 Å². The van der Waals surface area contributed by atoms with E-state index >= 15 is 0 Å². The third kappa shape index (κ3) is 0.740. The van der Waals surface area contributed by atoms with E-state index in [2.05, 4.69) is 6.92 Å². The third-order valence-corrected chi connectivity index (χ3v) is 1.36. The fourth-order valence-corrected chi connectivity index (χ4v) is 0.379. The Balaban J connectivity index is 2.39. The average Bonchev–Trinajstić information content (AvgIpc) is 2.21. The molecule has 0 aromatic heterocycles. The van der Waals surface area contributed by atoms with E-state index in [4.69, 9.17) is 0 Å². The van der Waals surface area contributed by atoms with E-state index in [0.29, 0.717) is 12.8 Å². The fourth-order valence-electron chi connectivity index (χ4n) is 0.379. The summed E-state index contributed by atoms with van der Waals surface area (Å²) in [5, 5.41) is 0. The van der Waals surface area contributed by atoms with E-state index in [-0.39, 0.29) is 0 Å². The molecule has 1 saturated carbocycles. The zero-order valence-electron chi connectivity index (χ0n) is 3.95. The highest BCUT2D eigenvalue weighted by Gasteiger charge is 2.46. The van der Waals surface area contributed by atoms with E-state index in [1.165, 1.54) is 0 Å². The lowest BCUT2D eigenvalue weighted by atomic mass is 10.2. The molecule has 0 spiro atoms. The summed E-state index contributed by atoms with van der Waals surface area (Å²) in [5.74, 6) is 0. The Labute approximate surface area is 41.5 Å². The molecule has 0 aromatic carbocycles. The van der Waals surface area contributed by atoms with Crippen LogP contribution in [0.3, 0.4) is 0 Å². The van der Waals surface area contributed by atoms with Crippen LogP contribution >= 0.6 is 0 Å². The number of halogens is 2. The van der Waals surface area contributed by atoms with Gasteiger partial charge in [0.1, 0.15) is 0 Å². The Morgan fingerprint density at radius 2 is 1.86 bits per heavy atom. The molecule has 1 fully saturated rings. The summed E-state index contributed by atoms with van der Waals surface area (Å²) in [6, 6.07) is 0. The first-order valence-corrected chi connectivity index (χ1v) is 2.29. The normalized spacial score (nSPS) is 25.7. The maximum Gasteiger partial charge on any atom is 0.244 e. The van der Waals surface area contributed by atoms with Gasteiger partial charge in [0.05, 0.1) is 0 Å². The minimum absolute atomic E-state index is 0.602. The Kier molecular flexibility index (Phi) is 0.839. The van der Waals surface area contributed by atoms with Crippen molar-refractivity contribution in [1.82, 2.24) is 0 Å². The van der Waals surface area contributed by atoms with Crippen molar-refractivity contribution in [2.75, 3.05) is 0 Å². The molecule has 0 saturated heterocycles. The first kappa shape index (κ1) is 5.01. The summed E-state index contributed by atoms with van der Waals surface area (Å²) in [5.41, 5.74) is -0.833. The van der Waals surface area contributed by atoms with Gasteiger partial charge < -0.3 is 0 Å². The van der Waals surface area contributed by atoms with E-state index in [0.717, 1.165) is 0 Å². The molecule has 0 aliphatic heterocycles. The van der Waals surface area contributed by atoms with Gasteiger partial charge in [-0.25, -0.2) is 8.78 Å². The standard InChI is InChI=1S/C5H7F2/c1-5(2-3-5)4(6)7/h4H,1-3H2. The van der Waals surface area contributed by atoms with Crippen molar-refractivity contribution in [1.29, 1.82) is 0 Å². The molecule has 1 rings (SSSR count). The Morgan fingerprint density at radius 1 is 1.43 bits per heavy atom. The van der Waals surface area contributed by atoms with Crippen LogP contribution in [0.15, 0.2) is 0 Å². The first-order chi connectivity index (χ1) is 3.15. The van der Waals surface area contributed by atoms with Crippen LogP contribution in [0.4, 0.5) is 8.78 Å². The van der Waals surface area contributed by atoms with Crippen molar-refractivity contribution in [3.05, 3.63) is 6.92 Å². The van der Waals surface area contributed by atoms with Crippen molar-refractivity contribution in [2.45, 2.75) is 19.3 Å². The van der Waals surface area contributed by atoms with Crippen LogP contribution in [-0.2, 0) is 0 Å². The van der Waals surface area contributed by atoms with Gasteiger partial charge in [0, 0.05) is 5.41 Å². The fraction of sp³-hybridized carbons (Fsp3) is 0.800. The van der Waals surface area contributed by atoms with E-state index in [1.807, 2.05) is 0 Å². The molecule has 1 aliphatic rings. The molecule has 0 bridgehead atoms. The van der Waals surface area contributed by atoms with E-state index in [9.17, 15) is 8.78 Å². The molecule has 0 amide bonds. The molecule has 0 unspecified atom stereocenters. The third-order valence-electron chi connectivity index (χ3n) is 1.36.